The minimum atomic E-state index is -2.74. The Labute approximate surface area is 221 Å². The lowest BCUT2D eigenvalue weighted by molar-refractivity contribution is -0.0262. The van der Waals surface area contributed by atoms with E-state index in [0.29, 0.717) is 55.0 Å². The zero-order chi connectivity index (χ0) is 27.4. The van der Waals surface area contributed by atoms with Crippen LogP contribution in [0.1, 0.15) is 25.3 Å². The number of aryl methyl sites for hydroxylation is 2. The number of ether oxygens (including phenoxy) is 1. The lowest BCUT2D eigenvalue weighted by Crippen LogP contribution is -2.54. The van der Waals surface area contributed by atoms with Crippen LogP contribution in [0.3, 0.4) is 0 Å². The van der Waals surface area contributed by atoms with Crippen molar-refractivity contribution in [3.8, 4) is 28.4 Å². The lowest BCUT2D eigenvalue weighted by Gasteiger charge is -2.41. The molecule has 4 rings (SSSR count). The van der Waals surface area contributed by atoms with Crippen molar-refractivity contribution in [3.63, 3.8) is 0 Å². The molecule has 11 heteroatoms. The molecular weight excluding hydrogens is 494 g/mol. The maximum Gasteiger partial charge on any atom is 0.257 e. The number of benzene rings is 1. The second-order valence-corrected chi connectivity index (χ2v) is 10.0. The van der Waals surface area contributed by atoms with Gasteiger partial charge in [0.15, 0.2) is 5.82 Å². The van der Waals surface area contributed by atoms with Crippen molar-refractivity contribution in [3.05, 3.63) is 41.8 Å². The summed E-state index contributed by atoms with van der Waals surface area (Å²) in [5.41, 5.74) is 2.94. The minimum absolute atomic E-state index is 0.0729. The molecule has 0 saturated carbocycles. The topological polar surface area (TPSA) is 99.8 Å². The number of rotatable bonds is 10. The first-order valence-electron chi connectivity index (χ1n) is 12.8. The number of hydrogen-bond donors (Lipinski definition) is 2. The van der Waals surface area contributed by atoms with Gasteiger partial charge in [0.05, 0.1) is 23.5 Å². The van der Waals surface area contributed by atoms with E-state index in [9.17, 15) is 13.9 Å². The Hall–Kier alpha value is -3.15. The van der Waals surface area contributed by atoms with Gasteiger partial charge in [-0.3, -0.25) is 4.90 Å². The van der Waals surface area contributed by atoms with E-state index in [1.807, 2.05) is 56.0 Å². The Morgan fingerprint density at radius 2 is 2.03 bits per heavy atom. The molecule has 1 unspecified atom stereocenters. The zero-order valence-electron chi connectivity index (χ0n) is 22.5. The number of aliphatic hydroxyl groups is 1. The van der Waals surface area contributed by atoms with Crippen molar-refractivity contribution in [2.45, 2.75) is 45.8 Å². The van der Waals surface area contributed by atoms with Crippen LogP contribution in [0.4, 0.5) is 14.6 Å². The Morgan fingerprint density at radius 3 is 2.68 bits per heavy atom. The summed E-state index contributed by atoms with van der Waals surface area (Å²) in [4.78, 5) is 13.7. The number of halogens is 2. The molecule has 0 amide bonds. The first kappa shape index (κ1) is 27.9. The molecule has 3 heterocycles. The summed E-state index contributed by atoms with van der Waals surface area (Å²) in [6.07, 6.45) is -0.636. The van der Waals surface area contributed by atoms with E-state index in [4.69, 9.17) is 19.2 Å². The predicted octanol–water partition coefficient (Wildman–Crippen LogP) is 3.54. The predicted molar refractivity (Wildman–Crippen MR) is 142 cm³/mol. The fraction of sp³-hybridized carbons (Fsp3) is 0.519. The van der Waals surface area contributed by atoms with Crippen LogP contribution in [-0.2, 0) is 0 Å². The molecular formula is C27H36F2N6O3. The number of aromatic nitrogens is 3. The summed E-state index contributed by atoms with van der Waals surface area (Å²) in [6.45, 7) is 8.54. The summed E-state index contributed by atoms with van der Waals surface area (Å²) < 4.78 is 38.5. The Kier molecular flexibility index (Phi) is 8.59. The minimum Gasteiger partial charge on any atom is -0.491 e. The maximum absolute atomic E-state index is 13.7. The van der Waals surface area contributed by atoms with Crippen LogP contribution in [0, 0.1) is 13.8 Å². The molecule has 0 radical (unpaired) electrons. The molecule has 2 aromatic heterocycles. The fourth-order valence-corrected chi connectivity index (χ4v) is 4.71. The van der Waals surface area contributed by atoms with Gasteiger partial charge in [-0.25, -0.2) is 18.7 Å². The number of likely N-dealkylation sites (N-methyl/N-ethyl adjacent to an activating group) is 1. The highest BCUT2D eigenvalue weighted by Crippen LogP contribution is 2.32. The van der Waals surface area contributed by atoms with Crippen LogP contribution in [-0.4, -0.2) is 89.6 Å². The van der Waals surface area contributed by atoms with Gasteiger partial charge in [-0.2, -0.15) is 0 Å². The molecule has 0 bridgehead atoms. The van der Waals surface area contributed by atoms with Gasteiger partial charge in [-0.05, 0) is 40.0 Å². The third kappa shape index (κ3) is 6.83. The van der Waals surface area contributed by atoms with E-state index in [2.05, 4.69) is 15.4 Å². The monoisotopic (exact) mass is 530 g/mol. The Morgan fingerprint density at radius 1 is 1.24 bits per heavy atom. The molecule has 2 atom stereocenters. The van der Waals surface area contributed by atoms with Crippen LogP contribution in [0.15, 0.2) is 34.9 Å². The third-order valence-corrected chi connectivity index (χ3v) is 6.55. The molecule has 9 nitrogen and oxygen atoms in total. The van der Waals surface area contributed by atoms with E-state index < -0.39 is 12.0 Å². The van der Waals surface area contributed by atoms with Gasteiger partial charge >= 0.3 is 0 Å². The first-order chi connectivity index (χ1) is 18.0. The van der Waals surface area contributed by atoms with Crippen molar-refractivity contribution in [1.82, 2.24) is 25.3 Å². The van der Waals surface area contributed by atoms with Crippen molar-refractivity contribution in [1.29, 1.82) is 0 Å². The summed E-state index contributed by atoms with van der Waals surface area (Å²) in [6, 6.07) is 9.24. The highest BCUT2D eigenvalue weighted by Gasteiger charge is 2.32. The lowest BCUT2D eigenvalue weighted by atomic mass is 10.1. The molecule has 1 saturated heterocycles. The van der Waals surface area contributed by atoms with Crippen molar-refractivity contribution < 1.29 is 23.1 Å². The molecule has 2 N–H and O–H groups in total. The van der Waals surface area contributed by atoms with Gasteiger partial charge in [0.2, 0.25) is 0 Å². The largest absolute Gasteiger partial charge is 0.491 e. The summed E-state index contributed by atoms with van der Waals surface area (Å²) in [5.74, 6) is -0.305. The van der Waals surface area contributed by atoms with Gasteiger partial charge < -0.3 is 24.6 Å². The molecule has 3 aromatic rings. The van der Waals surface area contributed by atoms with Gasteiger partial charge in [-0.15, -0.1) is 0 Å². The second kappa shape index (κ2) is 11.7. The molecule has 1 aromatic carbocycles. The van der Waals surface area contributed by atoms with Crippen LogP contribution in [0.2, 0.25) is 0 Å². The van der Waals surface area contributed by atoms with Crippen LogP contribution < -0.4 is 15.0 Å². The molecule has 0 spiro atoms. The van der Waals surface area contributed by atoms with E-state index in [0.717, 1.165) is 23.7 Å². The van der Waals surface area contributed by atoms with E-state index in [-0.39, 0.29) is 19.2 Å². The van der Waals surface area contributed by atoms with Crippen molar-refractivity contribution in [2.24, 2.45) is 0 Å². The van der Waals surface area contributed by atoms with Gasteiger partial charge in [0.25, 0.3) is 5.92 Å². The SMILES string of the molecule is CNCC(O)COc1cccc(-c2nc(-c3c(C)noc3C)cc(N3CCN(CC(C)(F)F)[C@@H](C)C3)n2)c1. The van der Waals surface area contributed by atoms with Crippen molar-refractivity contribution in [2.75, 3.05) is 51.3 Å². The molecule has 1 aliphatic heterocycles. The van der Waals surface area contributed by atoms with E-state index >= 15 is 0 Å². The second-order valence-electron chi connectivity index (χ2n) is 10.0. The number of nitrogens with zero attached hydrogens (tertiary/aromatic N) is 5. The first-order valence-corrected chi connectivity index (χ1v) is 12.8. The van der Waals surface area contributed by atoms with Crippen LogP contribution in [0.5, 0.6) is 5.75 Å². The molecule has 0 aliphatic carbocycles. The van der Waals surface area contributed by atoms with E-state index in [1.54, 1.807) is 7.05 Å². The standard InChI is InChI=1S/C27H36F2N6O3/c1-17-14-34(9-10-35(17)16-27(4,28)29)24-12-23(25-18(2)33-38-19(25)3)31-26(32-24)20-7-6-8-22(11-20)37-15-21(36)13-30-5/h6-8,11-12,17,21,30,36H,9-10,13-16H2,1-5H3/t17-,21?/m0/s1. The quantitative estimate of drug-likeness (QED) is 0.408. The van der Waals surface area contributed by atoms with Gasteiger partial charge in [0.1, 0.15) is 30.0 Å². The van der Waals surface area contributed by atoms with Crippen molar-refractivity contribution >= 4 is 5.82 Å². The number of aliphatic hydroxyl groups excluding tert-OH is 1. The average molecular weight is 531 g/mol. The average Bonchev–Trinajstić information content (AvgIpc) is 3.21. The highest BCUT2D eigenvalue weighted by molar-refractivity contribution is 5.71. The van der Waals surface area contributed by atoms with E-state index in [1.165, 1.54) is 0 Å². The molecule has 38 heavy (non-hydrogen) atoms. The Bertz CT molecular complexity index is 1210. The highest BCUT2D eigenvalue weighted by atomic mass is 19.3. The zero-order valence-corrected chi connectivity index (χ0v) is 22.5. The van der Waals surface area contributed by atoms with Crippen LogP contribution >= 0.6 is 0 Å². The fourth-order valence-electron chi connectivity index (χ4n) is 4.71. The summed E-state index contributed by atoms with van der Waals surface area (Å²) in [5, 5.41) is 17.0. The normalized spacial score (nSPS) is 17.6. The van der Waals surface area contributed by atoms with Gasteiger partial charge in [-0.1, -0.05) is 17.3 Å². The maximum atomic E-state index is 13.7. The number of nitrogens with one attached hydrogen (secondary N) is 1. The number of anilines is 1. The summed E-state index contributed by atoms with van der Waals surface area (Å²) in [7, 11) is 1.77. The number of hydrogen-bond acceptors (Lipinski definition) is 9. The third-order valence-electron chi connectivity index (χ3n) is 6.55. The molecule has 1 fully saturated rings. The Balaban J connectivity index is 1.66. The van der Waals surface area contributed by atoms with Gasteiger partial charge in [0, 0.05) is 50.8 Å². The smallest absolute Gasteiger partial charge is 0.257 e. The number of piperazine rings is 1. The number of alkyl halides is 2. The molecule has 206 valence electrons. The molecule has 1 aliphatic rings. The summed E-state index contributed by atoms with van der Waals surface area (Å²) >= 11 is 0. The van der Waals surface area contributed by atoms with Crippen LogP contribution in [0.25, 0.3) is 22.6 Å².